The summed E-state index contributed by atoms with van der Waals surface area (Å²) in [6.07, 6.45) is 2.44. The van der Waals surface area contributed by atoms with Crippen LogP contribution >= 0.6 is 0 Å². The topological polar surface area (TPSA) is 39.3 Å². The zero-order valence-corrected chi connectivity index (χ0v) is 16.5. The van der Waals surface area contributed by atoms with Gasteiger partial charge in [-0.1, -0.05) is 60.7 Å². The summed E-state index contributed by atoms with van der Waals surface area (Å²) in [4.78, 5) is 20.6. The number of hydrogen-bond acceptors (Lipinski definition) is 2. The summed E-state index contributed by atoms with van der Waals surface area (Å²) >= 11 is 0. The summed E-state index contributed by atoms with van der Waals surface area (Å²) in [5, 5.41) is 3.76. The second-order valence-electron chi connectivity index (χ2n) is 7.83. The van der Waals surface area contributed by atoms with Crippen LogP contribution in [0, 0.1) is 0 Å². The molecule has 0 spiro atoms. The van der Waals surface area contributed by atoms with E-state index in [1.165, 1.54) is 16.3 Å². The molecule has 1 aromatic heterocycles. The first kappa shape index (κ1) is 18.0. The largest absolute Gasteiger partial charge is 0.361 e. The number of aromatic amines is 1. The number of nitrogens with zero attached hydrogens (tertiary/aromatic N) is 2. The van der Waals surface area contributed by atoms with Crippen molar-refractivity contribution in [3.8, 4) is 0 Å². The van der Waals surface area contributed by atoms with Gasteiger partial charge in [-0.3, -0.25) is 9.69 Å². The molecule has 1 aliphatic heterocycles. The van der Waals surface area contributed by atoms with Crippen molar-refractivity contribution in [2.45, 2.75) is 13.0 Å². The zero-order chi connectivity index (χ0) is 19.6. The van der Waals surface area contributed by atoms with Gasteiger partial charge in [-0.15, -0.1) is 0 Å². The summed E-state index contributed by atoms with van der Waals surface area (Å²) in [7, 11) is 0. The minimum absolute atomic E-state index is 0.222. The molecule has 4 aromatic rings. The third-order valence-corrected chi connectivity index (χ3v) is 6.02. The Balaban J connectivity index is 1.21. The van der Waals surface area contributed by atoms with Crippen molar-refractivity contribution in [2.24, 2.45) is 0 Å². The molecule has 29 heavy (non-hydrogen) atoms. The number of H-pyrrole nitrogens is 1. The van der Waals surface area contributed by atoms with E-state index in [0.29, 0.717) is 6.42 Å². The number of piperazine rings is 1. The predicted octanol–water partition coefficient (Wildman–Crippen LogP) is 4.21. The van der Waals surface area contributed by atoms with Crippen LogP contribution in [0.4, 0.5) is 0 Å². The van der Waals surface area contributed by atoms with Crippen LogP contribution in [0.3, 0.4) is 0 Å². The summed E-state index contributed by atoms with van der Waals surface area (Å²) in [6, 6.07) is 23.3. The van der Waals surface area contributed by atoms with E-state index in [9.17, 15) is 4.79 Å². The van der Waals surface area contributed by atoms with E-state index >= 15 is 0 Å². The van der Waals surface area contributed by atoms with Crippen molar-refractivity contribution in [2.75, 3.05) is 26.2 Å². The molecule has 1 amide bonds. The lowest BCUT2D eigenvalue weighted by Gasteiger charge is -2.35. The van der Waals surface area contributed by atoms with Gasteiger partial charge in [0.05, 0.1) is 6.42 Å². The molecule has 5 rings (SSSR count). The van der Waals surface area contributed by atoms with E-state index in [4.69, 9.17) is 0 Å². The van der Waals surface area contributed by atoms with Crippen molar-refractivity contribution >= 4 is 27.6 Å². The number of amides is 1. The lowest BCUT2D eigenvalue weighted by molar-refractivity contribution is -0.132. The van der Waals surface area contributed by atoms with E-state index in [2.05, 4.69) is 64.5 Å². The molecule has 0 atom stereocenters. The Morgan fingerprint density at radius 1 is 0.793 bits per heavy atom. The van der Waals surface area contributed by atoms with Crippen LogP contribution in [0.2, 0.25) is 0 Å². The highest BCUT2D eigenvalue weighted by Gasteiger charge is 2.22. The second-order valence-corrected chi connectivity index (χ2v) is 7.83. The van der Waals surface area contributed by atoms with Gasteiger partial charge < -0.3 is 9.88 Å². The van der Waals surface area contributed by atoms with Crippen LogP contribution in [0.1, 0.15) is 11.1 Å². The van der Waals surface area contributed by atoms with Crippen molar-refractivity contribution in [3.63, 3.8) is 0 Å². The molecule has 1 N–H and O–H groups in total. The van der Waals surface area contributed by atoms with E-state index in [0.717, 1.165) is 49.2 Å². The second kappa shape index (κ2) is 7.72. The van der Waals surface area contributed by atoms with Gasteiger partial charge in [-0.2, -0.15) is 0 Å². The number of aromatic nitrogens is 1. The Morgan fingerprint density at radius 2 is 1.52 bits per heavy atom. The Hall–Kier alpha value is -3.11. The molecule has 0 aliphatic carbocycles. The Labute approximate surface area is 170 Å². The first-order chi connectivity index (χ1) is 14.3. The van der Waals surface area contributed by atoms with Gasteiger partial charge >= 0.3 is 0 Å². The van der Waals surface area contributed by atoms with Crippen LogP contribution in [-0.2, 0) is 17.8 Å². The Kier molecular flexibility index (Phi) is 4.78. The highest BCUT2D eigenvalue weighted by Crippen LogP contribution is 2.22. The Morgan fingerprint density at radius 3 is 2.38 bits per heavy atom. The minimum atomic E-state index is 0.222. The number of rotatable bonds is 4. The number of benzene rings is 3. The SMILES string of the molecule is O=C(Cc1c[nH]c2ccccc12)N1CCN(Cc2cccc3ccccc23)CC1. The fourth-order valence-corrected chi connectivity index (χ4v) is 4.38. The molecule has 0 unspecified atom stereocenters. The maximum atomic E-state index is 12.8. The molecule has 1 aliphatic rings. The van der Waals surface area contributed by atoms with Gasteiger partial charge in [0.25, 0.3) is 0 Å². The average Bonchev–Trinajstić information content (AvgIpc) is 3.17. The van der Waals surface area contributed by atoms with Gasteiger partial charge in [0, 0.05) is 49.8 Å². The van der Waals surface area contributed by atoms with Crippen molar-refractivity contribution in [3.05, 3.63) is 84.1 Å². The molecule has 1 saturated heterocycles. The highest BCUT2D eigenvalue weighted by atomic mass is 16.2. The summed E-state index contributed by atoms with van der Waals surface area (Å²) < 4.78 is 0. The molecule has 2 heterocycles. The molecule has 4 heteroatoms. The summed E-state index contributed by atoms with van der Waals surface area (Å²) in [5.74, 6) is 0.222. The van der Waals surface area contributed by atoms with Crippen LogP contribution < -0.4 is 0 Å². The maximum absolute atomic E-state index is 12.8. The molecular weight excluding hydrogens is 358 g/mol. The van der Waals surface area contributed by atoms with Gasteiger partial charge in [0.2, 0.25) is 5.91 Å². The molecule has 0 saturated carbocycles. The lowest BCUT2D eigenvalue weighted by Crippen LogP contribution is -2.48. The monoisotopic (exact) mass is 383 g/mol. The average molecular weight is 383 g/mol. The van der Waals surface area contributed by atoms with Gasteiger partial charge in [0.15, 0.2) is 0 Å². The van der Waals surface area contributed by atoms with Crippen LogP contribution in [0.25, 0.3) is 21.7 Å². The third-order valence-electron chi connectivity index (χ3n) is 6.02. The Bertz CT molecular complexity index is 1150. The summed E-state index contributed by atoms with van der Waals surface area (Å²) in [5.41, 5.74) is 3.54. The van der Waals surface area contributed by atoms with Gasteiger partial charge in [-0.05, 0) is 28.0 Å². The number of hydrogen-bond donors (Lipinski definition) is 1. The first-order valence-corrected chi connectivity index (χ1v) is 10.3. The smallest absolute Gasteiger partial charge is 0.227 e. The first-order valence-electron chi connectivity index (χ1n) is 10.3. The molecule has 4 nitrogen and oxygen atoms in total. The molecule has 3 aromatic carbocycles. The zero-order valence-electron chi connectivity index (χ0n) is 16.5. The number of fused-ring (bicyclic) bond motifs is 2. The van der Waals surface area contributed by atoms with Gasteiger partial charge in [0.1, 0.15) is 0 Å². The molecule has 0 radical (unpaired) electrons. The van der Waals surface area contributed by atoms with Crippen LogP contribution in [0.15, 0.2) is 72.9 Å². The van der Waals surface area contributed by atoms with Crippen molar-refractivity contribution < 1.29 is 4.79 Å². The minimum Gasteiger partial charge on any atom is -0.361 e. The molecule has 0 bridgehead atoms. The highest BCUT2D eigenvalue weighted by molar-refractivity contribution is 5.89. The maximum Gasteiger partial charge on any atom is 0.227 e. The van der Waals surface area contributed by atoms with E-state index in [1.807, 2.05) is 23.2 Å². The fourth-order valence-electron chi connectivity index (χ4n) is 4.38. The fraction of sp³-hybridized carbons (Fsp3) is 0.240. The lowest BCUT2D eigenvalue weighted by atomic mass is 10.0. The number of nitrogens with one attached hydrogen (secondary N) is 1. The van der Waals surface area contributed by atoms with E-state index in [-0.39, 0.29) is 5.91 Å². The number of para-hydroxylation sites is 1. The quantitative estimate of drug-likeness (QED) is 0.573. The van der Waals surface area contributed by atoms with E-state index < -0.39 is 0 Å². The third kappa shape index (κ3) is 3.64. The van der Waals surface area contributed by atoms with Crippen LogP contribution in [0.5, 0.6) is 0 Å². The predicted molar refractivity (Wildman–Crippen MR) is 118 cm³/mol. The number of carbonyl (C=O) groups is 1. The number of carbonyl (C=O) groups excluding carboxylic acids is 1. The standard InChI is InChI=1S/C25H25N3O/c29-25(16-21-17-26-24-11-4-3-10-23(21)24)28-14-12-27(13-15-28)18-20-8-5-7-19-6-1-2-9-22(19)20/h1-11,17,26H,12-16,18H2. The van der Waals surface area contributed by atoms with Crippen molar-refractivity contribution in [1.82, 2.24) is 14.8 Å². The molecule has 1 fully saturated rings. The normalized spacial score (nSPS) is 15.2. The van der Waals surface area contributed by atoms with Crippen LogP contribution in [-0.4, -0.2) is 46.9 Å². The van der Waals surface area contributed by atoms with Crippen molar-refractivity contribution in [1.29, 1.82) is 0 Å². The molecular formula is C25H25N3O. The molecule has 146 valence electrons. The van der Waals surface area contributed by atoms with E-state index in [1.54, 1.807) is 0 Å². The van der Waals surface area contributed by atoms with Gasteiger partial charge in [-0.25, -0.2) is 0 Å². The summed E-state index contributed by atoms with van der Waals surface area (Å²) in [6.45, 7) is 4.37.